The number of hydrogen-bond donors (Lipinski definition) is 2. The molecule has 8 heteroatoms. The van der Waals surface area contributed by atoms with E-state index in [2.05, 4.69) is 4.98 Å². The van der Waals surface area contributed by atoms with Gasteiger partial charge in [-0.3, -0.25) is 9.78 Å². The topological polar surface area (TPSA) is 70.4 Å². The van der Waals surface area contributed by atoms with Crippen molar-refractivity contribution in [3.05, 3.63) is 63.1 Å². The lowest BCUT2D eigenvalue weighted by atomic mass is 9.72. The van der Waals surface area contributed by atoms with Crippen LogP contribution in [0.3, 0.4) is 0 Å². The molecular weight excluding hydrogens is 399 g/mol. The average molecular weight is 416 g/mol. The zero-order valence-corrected chi connectivity index (χ0v) is 15.7. The van der Waals surface area contributed by atoms with Gasteiger partial charge in [0.1, 0.15) is 5.60 Å². The van der Waals surface area contributed by atoms with Gasteiger partial charge >= 0.3 is 0 Å². The first-order valence-corrected chi connectivity index (χ1v) is 9.12. The molecule has 1 aliphatic carbocycles. The van der Waals surface area contributed by atoms with Crippen molar-refractivity contribution in [2.75, 3.05) is 6.61 Å². The van der Waals surface area contributed by atoms with Gasteiger partial charge in [0.25, 0.3) is 0 Å². The Bertz CT molecular complexity index is 895. The zero-order chi connectivity index (χ0) is 19.8. The van der Waals surface area contributed by atoms with E-state index in [0.29, 0.717) is 5.56 Å². The van der Waals surface area contributed by atoms with E-state index in [0.717, 1.165) is 0 Å². The van der Waals surface area contributed by atoms with Crippen molar-refractivity contribution in [1.82, 2.24) is 4.98 Å². The van der Waals surface area contributed by atoms with E-state index in [-0.39, 0.29) is 47.0 Å². The quantitative estimate of drug-likeness (QED) is 0.727. The molecule has 1 heterocycles. The monoisotopic (exact) mass is 415 g/mol. The van der Waals surface area contributed by atoms with Crippen molar-refractivity contribution in [3.63, 3.8) is 0 Å². The van der Waals surface area contributed by atoms with Gasteiger partial charge in [-0.05, 0) is 37.0 Å². The van der Waals surface area contributed by atoms with Crippen molar-refractivity contribution in [1.29, 1.82) is 0 Å². The van der Waals surface area contributed by atoms with Crippen LogP contribution in [-0.4, -0.2) is 27.6 Å². The molecule has 0 saturated carbocycles. The highest BCUT2D eigenvalue weighted by Crippen LogP contribution is 2.46. The predicted molar refractivity (Wildman–Crippen MR) is 97.0 cm³/mol. The van der Waals surface area contributed by atoms with Gasteiger partial charge in [0.15, 0.2) is 17.3 Å². The Labute approximate surface area is 164 Å². The van der Waals surface area contributed by atoms with E-state index in [1.807, 2.05) is 0 Å². The fraction of sp³-hybridized carbons (Fsp3) is 0.368. The van der Waals surface area contributed by atoms with E-state index in [1.54, 1.807) is 0 Å². The summed E-state index contributed by atoms with van der Waals surface area (Å²) in [6.07, 6.45) is 0.753. The first-order valence-electron chi connectivity index (χ1n) is 8.37. The number of fused-ring (bicyclic) bond motifs is 1. The third-order valence-corrected chi connectivity index (χ3v) is 5.70. The molecule has 0 saturated heterocycles. The number of aryl methyl sites for hydroxylation is 1. The number of alkyl halides is 1. The standard InChI is InChI=1S/C19H17Cl2F2NO3/c20-13-5-3-11(15(21)16(13)22)4-6-14(26)19(23)8-7-18(27,10-25)17-12(19)2-1-9-24-17/h1-3,5,9,25,27H,4,6-8,10H2/t18-,19+/m1/s1. The van der Waals surface area contributed by atoms with Crippen LogP contribution in [0.1, 0.15) is 36.1 Å². The smallest absolute Gasteiger partial charge is 0.195 e. The van der Waals surface area contributed by atoms with Gasteiger partial charge in [0.05, 0.1) is 22.3 Å². The number of halogens is 4. The highest BCUT2D eigenvalue weighted by molar-refractivity contribution is 6.35. The largest absolute Gasteiger partial charge is 0.393 e. The van der Waals surface area contributed by atoms with E-state index >= 15 is 4.39 Å². The second-order valence-electron chi connectivity index (χ2n) is 6.65. The molecule has 0 spiro atoms. The minimum absolute atomic E-state index is 0.0369. The summed E-state index contributed by atoms with van der Waals surface area (Å²) >= 11 is 11.6. The van der Waals surface area contributed by atoms with Crippen LogP contribution >= 0.6 is 23.2 Å². The number of aliphatic hydroxyl groups is 2. The Morgan fingerprint density at radius 3 is 2.70 bits per heavy atom. The Kier molecular flexibility index (Phi) is 5.54. The molecule has 0 fully saturated rings. The third-order valence-electron chi connectivity index (χ3n) is 5.00. The number of carbonyl (C=O) groups is 1. The molecule has 144 valence electrons. The van der Waals surface area contributed by atoms with Crippen LogP contribution in [0.15, 0.2) is 30.5 Å². The fourth-order valence-electron chi connectivity index (χ4n) is 3.38. The molecule has 0 aliphatic heterocycles. The molecule has 2 atom stereocenters. The summed E-state index contributed by atoms with van der Waals surface area (Å²) in [5.41, 5.74) is -3.77. The maximum atomic E-state index is 15.7. The number of aliphatic hydroxyl groups excluding tert-OH is 1. The molecule has 1 aromatic carbocycles. The minimum atomic E-state index is -2.34. The van der Waals surface area contributed by atoms with Crippen LogP contribution in [0.4, 0.5) is 8.78 Å². The van der Waals surface area contributed by atoms with Crippen LogP contribution < -0.4 is 0 Å². The maximum Gasteiger partial charge on any atom is 0.195 e. The normalized spacial score (nSPS) is 24.5. The van der Waals surface area contributed by atoms with E-state index in [1.165, 1.54) is 30.5 Å². The summed E-state index contributed by atoms with van der Waals surface area (Å²) < 4.78 is 29.5. The number of rotatable bonds is 5. The number of carbonyl (C=O) groups excluding carboxylic acids is 1. The number of benzene rings is 1. The Hall–Kier alpha value is -1.60. The second-order valence-corrected chi connectivity index (χ2v) is 7.43. The molecule has 0 radical (unpaired) electrons. The summed E-state index contributed by atoms with van der Waals surface area (Å²) in [7, 11) is 0. The van der Waals surface area contributed by atoms with Crippen molar-refractivity contribution >= 4 is 29.0 Å². The Morgan fingerprint density at radius 2 is 2.00 bits per heavy atom. The lowest BCUT2D eigenvalue weighted by Crippen LogP contribution is -2.45. The van der Waals surface area contributed by atoms with Crippen molar-refractivity contribution in [3.8, 4) is 0 Å². The summed E-state index contributed by atoms with van der Waals surface area (Å²) in [4.78, 5) is 16.7. The SMILES string of the molecule is O=C(CCc1ccc(Cl)c(F)c1Cl)[C@]1(F)CC[C@@](O)(CO)c2ncccc21. The summed E-state index contributed by atoms with van der Waals surface area (Å²) in [5.74, 6) is -1.50. The molecule has 27 heavy (non-hydrogen) atoms. The van der Waals surface area contributed by atoms with Crippen LogP contribution in [0.2, 0.25) is 10.0 Å². The Morgan fingerprint density at radius 1 is 1.26 bits per heavy atom. The van der Waals surface area contributed by atoms with Crippen molar-refractivity contribution in [2.45, 2.75) is 37.0 Å². The van der Waals surface area contributed by atoms with Gasteiger partial charge in [-0.2, -0.15) is 0 Å². The van der Waals surface area contributed by atoms with Gasteiger partial charge in [0, 0.05) is 18.2 Å². The van der Waals surface area contributed by atoms with Gasteiger partial charge < -0.3 is 10.2 Å². The number of nitrogens with zero attached hydrogens (tertiary/aromatic N) is 1. The first kappa shape index (κ1) is 20.1. The summed E-state index contributed by atoms with van der Waals surface area (Å²) in [6.45, 7) is -0.624. The molecule has 0 amide bonds. The summed E-state index contributed by atoms with van der Waals surface area (Å²) in [5, 5.41) is 19.6. The van der Waals surface area contributed by atoms with E-state index in [9.17, 15) is 19.4 Å². The van der Waals surface area contributed by atoms with Crippen molar-refractivity contribution in [2.24, 2.45) is 0 Å². The molecular formula is C19H17Cl2F2NO3. The molecule has 0 bridgehead atoms. The highest BCUT2D eigenvalue weighted by atomic mass is 35.5. The average Bonchev–Trinajstić information content (AvgIpc) is 2.68. The van der Waals surface area contributed by atoms with Gasteiger partial charge in [-0.1, -0.05) is 35.3 Å². The highest BCUT2D eigenvalue weighted by Gasteiger charge is 2.51. The zero-order valence-electron chi connectivity index (χ0n) is 14.2. The van der Waals surface area contributed by atoms with E-state index < -0.39 is 29.5 Å². The first-order chi connectivity index (χ1) is 12.7. The number of aromatic nitrogens is 1. The predicted octanol–water partition coefficient (Wildman–Crippen LogP) is 3.87. The van der Waals surface area contributed by atoms with Crippen LogP contribution in [0, 0.1) is 5.82 Å². The van der Waals surface area contributed by atoms with Gasteiger partial charge in [0.2, 0.25) is 0 Å². The Balaban J connectivity index is 1.87. The molecule has 2 aromatic rings. The lowest BCUT2D eigenvalue weighted by molar-refractivity contribution is -0.135. The molecule has 3 rings (SSSR count). The molecule has 1 aromatic heterocycles. The number of pyridine rings is 1. The van der Waals surface area contributed by atoms with Crippen LogP contribution in [0.25, 0.3) is 0 Å². The van der Waals surface area contributed by atoms with E-state index in [4.69, 9.17) is 23.2 Å². The third kappa shape index (κ3) is 3.47. The van der Waals surface area contributed by atoms with Gasteiger partial charge in [-0.25, -0.2) is 8.78 Å². The second kappa shape index (κ2) is 7.43. The summed E-state index contributed by atoms with van der Waals surface area (Å²) in [6, 6.07) is 5.67. The lowest BCUT2D eigenvalue weighted by Gasteiger charge is -2.38. The van der Waals surface area contributed by atoms with Gasteiger partial charge in [-0.15, -0.1) is 0 Å². The number of hydrogen-bond acceptors (Lipinski definition) is 4. The maximum absolute atomic E-state index is 15.7. The molecule has 2 N–H and O–H groups in total. The fourth-order valence-corrected chi connectivity index (χ4v) is 3.84. The number of Topliss-reactive ketones (excluding diaryl/α,β-unsaturated/α-hetero) is 1. The van der Waals surface area contributed by atoms with Crippen LogP contribution in [-0.2, 0) is 22.5 Å². The molecule has 4 nitrogen and oxygen atoms in total. The van der Waals surface area contributed by atoms with Crippen molar-refractivity contribution < 1.29 is 23.8 Å². The number of ketones is 1. The molecule has 1 aliphatic rings. The molecule has 0 unspecified atom stereocenters. The minimum Gasteiger partial charge on any atom is -0.393 e. The van der Waals surface area contributed by atoms with Crippen LogP contribution in [0.5, 0.6) is 0 Å².